The van der Waals surface area contributed by atoms with Crippen molar-refractivity contribution in [2.45, 2.75) is 12.8 Å². The summed E-state index contributed by atoms with van der Waals surface area (Å²) in [6.07, 6.45) is 0. The van der Waals surface area contributed by atoms with Crippen LogP contribution in [0.1, 0.15) is 11.3 Å². The van der Waals surface area contributed by atoms with E-state index in [-0.39, 0.29) is 0 Å². The normalized spacial score (nSPS) is 10.6. The van der Waals surface area contributed by atoms with Crippen LogP contribution < -0.4 is 0 Å². The van der Waals surface area contributed by atoms with Gasteiger partial charge in [-0.2, -0.15) is 11.3 Å². The number of aromatic nitrogens is 1. The molecule has 2 nitrogen and oxygen atoms in total. The summed E-state index contributed by atoms with van der Waals surface area (Å²) < 4.78 is 5.20. The Labute approximate surface area is 85.1 Å². The maximum absolute atomic E-state index is 5.69. The second-order valence-electron chi connectivity index (χ2n) is 2.73. The topological polar surface area (TPSA) is 26.0 Å². The van der Waals surface area contributed by atoms with Crippen molar-refractivity contribution in [1.29, 1.82) is 0 Å². The van der Waals surface area contributed by atoms with Crippen molar-refractivity contribution in [2.75, 3.05) is 0 Å². The van der Waals surface area contributed by atoms with Crippen LogP contribution in [-0.2, 0) is 5.88 Å². The molecule has 0 aliphatic rings. The van der Waals surface area contributed by atoms with Crippen molar-refractivity contribution >= 4 is 22.9 Å². The molecule has 0 atom stereocenters. The lowest BCUT2D eigenvalue weighted by Gasteiger charge is -1.91. The smallest absolute Gasteiger partial charge is 0.170 e. The van der Waals surface area contributed by atoms with Crippen LogP contribution in [-0.4, -0.2) is 5.16 Å². The Morgan fingerprint density at radius 2 is 2.46 bits per heavy atom. The van der Waals surface area contributed by atoms with Crippen LogP contribution in [0.2, 0.25) is 0 Å². The van der Waals surface area contributed by atoms with E-state index in [1.54, 1.807) is 11.3 Å². The number of alkyl halides is 1. The van der Waals surface area contributed by atoms with E-state index in [1.807, 2.05) is 23.8 Å². The predicted octanol–water partition coefficient (Wildman–Crippen LogP) is 3.45. The first-order valence-electron chi connectivity index (χ1n) is 3.86. The minimum atomic E-state index is 0.402. The molecular weight excluding hydrogens is 206 g/mol. The van der Waals surface area contributed by atoms with Crippen LogP contribution in [0.25, 0.3) is 11.3 Å². The van der Waals surface area contributed by atoms with E-state index < -0.39 is 0 Å². The van der Waals surface area contributed by atoms with E-state index in [0.717, 1.165) is 22.6 Å². The summed E-state index contributed by atoms with van der Waals surface area (Å²) >= 11 is 7.33. The lowest BCUT2D eigenvalue weighted by molar-refractivity contribution is 0.426. The largest absolute Gasteiger partial charge is 0.356 e. The van der Waals surface area contributed by atoms with Gasteiger partial charge in [-0.1, -0.05) is 5.16 Å². The van der Waals surface area contributed by atoms with Crippen LogP contribution in [0, 0.1) is 6.92 Å². The zero-order valence-corrected chi connectivity index (χ0v) is 8.65. The van der Waals surface area contributed by atoms with Gasteiger partial charge in [-0.3, -0.25) is 0 Å². The van der Waals surface area contributed by atoms with Crippen molar-refractivity contribution in [1.82, 2.24) is 5.16 Å². The summed E-state index contributed by atoms with van der Waals surface area (Å²) in [7, 11) is 0. The first-order chi connectivity index (χ1) is 6.33. The zero-order chi connectivity index (χ0) is 9.26. The Morgan fingerprint density at radius 1 is 1.62 bits per heavy atom. The monoisotopic (exact) mass is 213 g/mol. The highest BCUT2D eigenvalue weighted by molar-refractivity contribution is 7.08. The highest BCUT2D eigenvalue weighted by atomic mass is 35.5. The molecule has 2 rings (SSSR count). The molecule has 4 heteroatoms. The van der Waals surface area contributed by atoms with Crippen molar-refractivity contribution in [3.8, 4) is 11.3 Å². The maximum atomic E-state index is 5.69. The molecule has 0 unspecified atom stereocenters. The van der Waals surface area contributed by atoms with E-state index in [9.17, 15) is 0 Å². The van der Waals surface area contributed by atoms with Gasteiger partial charge in [0.15, 0.2) is 5.76 Å². The Kier molecular flexibility index (Phi) is 2.38. The molecule has 13 heavy (non-hydrogen) atoms. The molecule has 0 fully saturated rings. The molecule has 2 aromatic rings. The van der Waals surface area contributed by atoms with Gasteiger partial charge >= 0.3 is 0 Å². The Hall–Kier alpha value is -0.800. The van der Waals surface area contributed by atoms with Crippen LogP contribution in [0.4, 0.5) is 0 Å². The molecule has 0 aromatic carbocycles. The van der Waals surface area contributed by atoms with Gasteiger partial charge in [0.05, 0.1) is 5.88 Å². The third-order valence-corrected chi connectivity index (χ3v) is 2.87. The zero-order valence-electron chi connectivity index (χ0n) is 7.08. The summed E-state index contributed by atoms with van der Waals surface area (Å²) in [4.78, 5) is 0. The fourth-order valence-corrected chi connectivity index (χ4v) is 2.04. The summed E-state index contributed by atoms with van der Waals surface area (Å²) in [6, 6.07) is 2.01. The molecule has 0 aliphatic heterocycles. The van der Waals surface area contributed by atoms with Crippen molar-refractivity contribution < 1.29 is 4.52 Å². The number of thiophene rings is 1. The standard InChI is InChI=1S/C9H8ClNOS/c1-6-8(4-10)11-12-9(6)7-2-3-13-5-7/h2-3,5H,4H2,1H3. The Balaban J connectivity index is 2.48. The van der Waals surface area contributed by atoms with Gasteiger partial charge in [0, 0.05) is 16.5 Å². The Bertz CT molecular complexity index is 394. The van der Waals surface area contributed by atoms with Crippen LogP contribution in [0.3, 0.4) is 0 Å². The first kappa shape index (κ1) is 8.78. The molecule has 0 saturated carbocycles. The van der Waals surface area contributed by atoms with E-state index in [1.165, 1.54) is 0 Å². The highest BCUT2D eigenvalue weighted by Crippen LogP contribution is 2.27. The van der Waals surface area contributed by atoms with E-state index in [2.05, 4.69) is 5.16 Å². The molecule has 0 amide bonds. The number of hydrogen-bond acceptors (Lipinski definition) is 3. The molecular formula is C9H8ClNOS. The van der Waals surface area contributed by atoms with E-state index in [4.69, 9.17) is 16.1 Å². The summed E-state index contributed by atoms with van der Waals surface area (Å²) in [5.41, 5.74) is 2.93. The van der Waals surface area contributed by atoms with E-state index in [0.29, 0.717) is 5.88 Å². The Morgan fingerprint density at radius 3 is 3.00 bits per heavy atom. The molecule has 0 aliphatic carbocycles. The van der Waals surface area contributed by atoms with Crippen molar-refractivity contribution in [3.63, 3.8) is 0 Å². The molecule has 0 saturated heterocycles. The summed E-state index contributed by atoms with van der Waals surface area (Å²) in [5, 5.41) is 7.93. The average molecular weight is 214 g/mol. The lowest BCUT2D eigenvalue weighted by atomic mass is 10.1. The quantitative estimate of drug-likeness (QED) is 0.715. The molecule has 0 N–H and O–H groups in total. The van der Waals surface area contributed by atoms with Gasteiger partial charge in [-0.05, 0) is 18.4 Å². The van der Waals surface area contributed by atoms with Crippen molar-refractivity contribution in [2.24, 2.45) is 0 Å². The first-order valence-corrected chi connectivity index (χ1v) is 5.34. The van der Waals surface area contributed by atoms with Gasteiger partial charge in [0.2, 0.25) is 0 Å². The maximum Gasteiger partial charge on any atom is 0.170 e. The minimum Gasteiger partial charge on any atom is -0.356 e. The molecule has 68 valence electrons. The third kappa shape index (κ3) is 1.49. The van der Waals surface area contributed by atoms with Crippen LogP contribution in [0.15, 0.2) is 21.3 Å². The van der Waals surface area contributed by atoms with Gasteiger partial charge in [0.25, 0.3) is 0 Å². The number of rotatable bonds is 2. The second-order valence-corrected chi connectivity index (χ2v) is 3.78. The average Bonchev–Trinajstić information content (AvgIpc) is 2.72. The third-order valence-electron chi connectivity index (χ3n) is 1.93. The van der Waals surface area contributed by atoms with Gasteiger partial charge in [-0.25, -0.2) is 0 Å². The van der Waals surface area contributed by atoms with Gasteiger partial charge in [-0.15, -0.1) is 11.6 Å². The number of nitrogens with zero attached hydrogens (tertiary/aromatic N) is 1. The number of hydrogen-bond donors (Lipinski definition) is 0. The summed E-state index contributed by atoms with van der Waals surface area (Å²) in [6.45, 7) is 1.97. The minimum absolute atomic E-state index is 0.402. The number of halogens is 1. The highest BCUT2D eigenvalue weighted by Gasteiger charge is 2.12. The molecule has 2 aromatic heterocycles. The predicted molar refractivity (Wildman–Crippen MR) is 54.1 cm³/mol. The van der Waals surface area contributed by atoms with E-state index >= 15 is 0 Å². The van der Waals surface area contributed by atoms with Gasteiger partial charge in [0.1, 0.15) is 5.69 Å². The molecule has 2 heterocycles. The second kappa shape index (κ2) is 3.52. The molecule has 0 radical (unpaired) electrons. The lowest BCUT2D eigenvalue weighted by Crippen LogP contribution is -1.80. The fourth-order valence-electron chi connectivity index (χ4n) is 1.16. The van der Waals surface area contributed by atoms with Crippen LogP contribution >= 0.6 is 22.9 Å². The SMILES string of the molecule is Cc1c(CCl)noc1-c1ccsc1. The van der Waals surface area contributed by atoms with Crippen molar-refractivity contribution in [3.05, 3.63) is 28.1 Å². The van der Waals surface area contributed by atoms with Crippen LogP contribution in [0.5, 0.6) is 0 Å². The summed E-state index contributed by atoms with van der Waals surface area (Å²) in [5.74, 6) is 1.23. The fraction of sp³-hybridized carbons (Fsp3) is 0.222. The molecule has 0 spiro atoms. The van der Waals surface area contributed by atoms with Gasteiger partial charge < -0.3 is 4.52 Å². The molecule has 0 bridgehead atoms.